The molecule has 0 atom stereocenters. The third-order valence-electron chi connectivity index (χ3n) is 4.55. The van der Waals surface area contributed by atoms with Gasteiger partial charge in [0.1, 0.15) is 6.54 Å². The summed E-state index contributed by atoms with van der Waals surface area (Å²) in [5.74, 6) is 0.218. The third-order valence-corrected chi connectivity index (χ3v) is 5.04. The van der Waals surface area contributed by atoms with E-state index < -0.39 is 0 Å². The predicted octanol–water partition coefficient (Wildman–Crippen LogP) is 2.51. The van der Waals surface area contributed by atoms with E-state index in [0.717, 1.165) is 11.1 Å². The summed E-state index contributed by atoms with van der Waals surface area (Å²) in [6, 6.07) is 17.0. The number of carbonyl (C=O) groups excluding carboxylic acids is 2. The number of aromatic nitrogens is 3. The van der Waals surface area contributed by atoms with E-state index in [-0.39, 0.29) is 24.9 Å². The normalized spacial score (nSPS) is 10.6. The number of hydrogen-bond donors (Lipinski definition) is 2. The Morgan fingerprint density at radius 1 is 1.00 bits per heavy atom. The third kappa shape index (κ3) is 5.17. The number of aryl methyl sites for hydroxylation is 1. The lowest BCUT2D eigenvalue weighted by molar-refractivity contribution is -0.122. The molecule has 0 aliphatic heterocycles. The number of hydrogen-bond acceptors (Lipinski definition) is 4. The van der Waals surface area contributed by atoms with Gasteiger partial charge < -0.3 is 15.2 Å². The van der Waals surface area contributed by atoms with Crippen molar-refractivity contribution in [1.82, 2.24) is 25.0 Å². The Morgan fingerprint density at radius 3 is 2.41 bits per heavy atom. The lowest BCUT2D eigenvalue weighted by Gasteiger charge is -2.07. The van der Waals surface area contributed by atoms with Gasteiger partial charge in [-0.15, -0.1) is 0 Å². The van der Waals surface area contributed by atoms with Crippen LogP contribution in [0.25, 0.3) is 0 Å². The van der Waals surface area contributed by atoms with Gasteiger partial charge >= 0.3 is 0 Å². The zero-order valence-electron chi connectivity index (χ0n) is 16.4. The van der Waals surface area contributed by atoms with Crippen molar-refractivity contribution in [2.45, 2.75) is 26.6 Å². The van der Waals surface area contributed by atoms with Crippen molar-refractivity contribution >= 4 is 24.0 Å². The second-order valence-corrected chi connectivity index (χ2v) is 7.04. The Balaban J connectivity index is 1.60. The summed E-state index contributed by atoms with van der Waals surface area (Å²) < 4.78 is 3.57. The molecule has 0 radical (unpaired) electrons. The van der Waals surface area contributed by atoms with Gasteiger partial charge in [-0.25, -0.2) is 4.68 Å². The van der Waals surface area contributed by atoms with Gasteiger partial charge in [0, 0.05) is 19.2 Å². The summed E-state index contributed by atoms with van der Waals surface area (Å²) in [6.07, 6.45) is 0. The Bertz CT molecular complexity index is 1070. The number of benzene rings is 2. The van der Waals surface area contributed by atoms with Crippen molar-refractivity contribution in [3.63, 3.8) is 0 Å². The van der Waals surface area contributed by atoms with Crippen molar-refractivity contribution < 1.29 is 9.59 Å². The average Bonchev–Trinajstić information content (AvgIpc) is 2.99. The number of nitrogens with zero attached hydrogens (tertiary/aromatic N) is 3. The van der Waals surface area contributed by atoms with Crippen molar-refractivity contribution in [2.75, 3.05) is 0 Å². The van der Waals surface area contributed by atoms with E-state index in [1.165, 1.54) is 4.68 Å². The molecule has 3 rings (SSSR count). The zero-order chi connectivity index (χ0) is 20.8. The van der Waals surface area contributed by atoms with Gasteiger partial charge in [0.2, 0.25) is 5.91 Å². The molecular weight excluding hydrogens is 386 g/mol. The maximum absolute atomic E-state index is 12.4. The number of amides is 2. The second kappa shape index (κ2) is 9.29. The molecule has 0 unspecified atom stereocenters. The van der Waals surface area contributed by atoms with E-state index in [9.17, 15) is 9.59 Å². The fraction of sp³-hybridized carbons (Fsp3) is 0.238. The first-order valence-electron chi connectivity index (χ1n) is 9.23. The summed E-state index contributed by atoms with van der Waals surface area (Å²) in [7, 11) is 1.77. The Morgan fingerprint density at radius 2 is 1.69 bits per heavy atom. The maximum Gasteiger partial charge on any atom is 0.251 e. The highest BCUT2D eigenvalue weighted by molar-refractivity contribution is 7.71. The predicted molar refractivity (Wildman–Crippen MR) is 113 cm³/mol. The monoisotopic (exact) mass is 409 g/mol. The molecule has 1 heterocycles. The number of rotatable bonds is 7. The van der Waals surface area contributed by atoms with Crippen LogP contribution in [-0.2, 0) is 31.5 Å². The molecule has 0 fully saturated rings. The summed E-state index contributed by atoms with van der Waals surface area (Å²) in [5, 5.41) is 10.1. The number of nitrogens with one attached hydrogen (secondary N) is 2. The van der Waals surface area contributed by atoms with Crippen LogP contribution in [0, 0.1) is 11.7 Å². The Hall–Kier alpha value is -3.26. The molecule has 3 aromatic rings. The van der Waals surface area contributed by atoms with Crippen molar-refractivity contribution in [2.24, 2.45) is 7.05 Å². The van der Waals surface area contributed by atoms with Gasteiger partial charge in [0.05, 0.1) is 6.54 Å². The Labute approximate surface area is 174 Å². The molecule has 1 aromatic heterocycles. The highest BCUT2D eigenvalue weighted by Gasteiger charge is 2.13. The smallest absolute Gasteiger partial charge is 0.251 e. The zero-order valence-corrected chi connectivity index (χ0v) is 17.2. The molecule has 150 valence electrons. The van der Waals surface area contributed by atoms with Crippen LogP contribution < -0.4 is 10.6 Å². The van der Waals surface area contributed by atoms with Gasteiger partial charge in [0.15, 0.2) is 10.6 Å². The molecule has 29 heavy (non-hydrogen) atoms. The molecule has 7 nitrogen and oxygen atoms in total. The first-order valence-corrected chi connectivity index (χ1v) is 9.63. The first kappa shape index (κ1) is 20.5. The van der Waals surface area contributed by atoms with E-state index in [1.54, 1.807) is 17.7 Å². The van der Waals surface area contributed by atoms with Gasteiger partial charge in [-0.05, 0) is 36.3 Å². The van der Waals surface area contributed by atoms with Crippen LogP contribution in [0.3, 0.4) is 0 Å². The summed E-state index contributed by atoms with van der Waals surface area (Å²) in [5.41, 5.74) is 2.54. The fourth-order valence-electron chi connectivity index (χ4n) is 2.86. The van der Waals surface area contributed by atoms with Crippen LogP contribution in [0.15, 0.2) is 54.6 Å². The highest BCUT2D eigenvalue weighted by Crippen LogP contribution is 2.07. The lowest BCUT2D eigenvalue weighted by atomic mass is 10.1. The van der Waals surface area contributed by atoms with Crippen LogP contribution in [-0.4, -0.2) is 26.2 Å². The van der Waals surface area contributed by atoms with Gasteiger partial charge in [-0.2, -0.15) is 5.10 Å². The molecule has 0 aliphatic rings. The van der Waals surface area contributed by atoms with Crippen molar-refractivity contribution in [1.29, 1.82) is 0 Å². The van der Waals surface area contributed by atoms with Gasteiger partial charge in [-0.3, -0.25) is 9.59 Å². The number of carbonyl (C=O) groups is 2. The van der Waals surface area contributed by atoms with Crippen LogP contribution in [0.1, 0.15) is 27.3 Å². The minimum absolute atomic E-state index is 0.0191. The Kier molecular flexibility index (Phi) is 6.56. The minimum atomic E-state index is -0.182. The minimum Gasteiger partial charge on any atom is -0.350 e. The first-order chi connectivity index (χ1) is 14.0. The molecule has 0 bridgehead atoms. The van der Waals surface area contributed by atoms with Crippen molar-refractivity contribution in [3.8, 4) is 0 Å². The lowest BCUT2D eigenvalue weighted by Crippen LogP contribution is -2.28. The van der Waals surface area contributed by atoms with Crippen LogP contribution >= 0.6 is 12.2 Å². The van der Waals surface area contributed by atoms with Crippen LogP contribution in [0.2, 0.25) is 0 Å². The van der Waals surface area contributed by atoms with E-state index in [1.807, 2.05) is 55.5 Å². The molecule has 0 saturated carbocycles. The molecular formula is C21H23N5O2S. The summed E-state index contributed by atoms with van der Waals surface area (Å²) >= 11 is 5.37. The van der Waals surface area contributed by atoms with Gasteiger partial charge in [0.25, 0.3) is 5.91 Å². The quantitative estimate of drug-likeness (QED) is 0.588. The molecule has 0 saturated heterocycles. The summed E-state index contributed by atoms with van der Waals surface area (Å²) in [4.78, 5) is 24.6. The molecule has 0 spiro atoms. The largest absolute Gasteiger partial charge is 0.350 e. The summed E-state index contributed by atoms with van der Waals surface area (Å²) in [6.45, 7) is 2.56. The van der Waals surface area contributed by atoms with E-state index in [4.69, 9.17) is 12.2 Å². The highest BCUT2D eigenvalue weighted by atomic mass is 32.1. The average molecular weight is 410 g/mol. The maximum atomic E-state index is 12.4. The van der Waals surface area contributed by atoms with Crippen LogP contribution in [0.5, 0.6) is 0 Å². The van der Waals surface area contributed by atoms with Crippen LogP contribution in [0.4, 0.5) is 0 Å². The molecule has 2 N–H and O–H groups in total. The molecule has 2 aromatic carbocycles. The molecule has 2 amide bonds. The molecule has 8 heteroatoms. The second-order valence-electron chi connectivity index (χ2n) is 6.68. The van der Waals surface area contributed by atoms with Gasteiger partial charge in [-0.1, -0.05) is 48.5 Å². The topological polar surface area (TPSA) is 80.9 Å². The van der Waals surface area contributed by atoms with E-state index in [0.29, 0.717) is 22.7 Å². The fourth-order valence-corrected chi connectivity index (χ4v) is 3.07. The molecule has 0 aliphatic carbocycles. The van der Waals surface area contributed by atoms with E-state index in [2.05, 4.69) is 15.7 Å². The van der Waals surface area contributed by atoms with Crippen molar-refractivity contribution in [3.05, 3.63) is 81.9 Å². The standard InChI is InChI=1S/C21H23N5O2S/c1-15-8-6-7-11-17(15)20(28)23-13-18-24-26(21(29)25(18)2)14-19(27)22-12-16-9-4-3-5-10-16/h3-11H,12-14H2,1-2H3,(H,22,27)(H,23,28). The SMILES string of the molecule is Cc1ccccc1C(=O)NCc1nn(CC(=O)NCc2ccccc2)c(=S)n1C. The van der Waals surface area contributed by atoms with E-state index >= 15 is 0 Å².